The lowest BCUT2D eigenvalue weighted by Gasteiger charge is -2.23. The molecule has 38 heavy (non-hydrogen) atoms. The van der Waals surface area contributed by atoms with Crippen LogP contribution in [0.1, 0.15) is 29.3 Å². The maximum atomic E-state index is 13.0. The average molecular weight is 511 g/mol. The Morgan fingerprint density at radius 1 is 1.13 bits per heavy atom. The molecule has 2 aliphatic rings. The number of likely N-dealkylation sites (N-methyl/N-ethyl adjacent to an activating group) is 1. The molecule has 2 amide bonds. The molecule has 0 saturated carbocycles. The number of benzene rings is 2. The minimum absolute atomic E-state index is 0.0124. The van der Waals surface area contributed by atoms with Crippen molar-refractivity contribution in [3.05, 3.63) is 78.1 Å². The Kier molecular flexibility index (Phi) is 6.21. The first-order valence-corrected chi connectivity index (χ1v) is 12.8. The summed E-state index contributed by atoms with van der Waals surface area (Å²) in [4.78, 5) is 32.8. The Labute approximate surface area is 221 Å². The molecular weight excluding hydrogens is 480 g/mol. The topological polar surface area (TPSA) is 91.2 Å². The Morgan fingerprint density at radius 2 is 1.97 bits per heavy atom. The van der Waals surface area contributed by atoms with Gasteiger partial charge in [0.25, 0.3) is 5.91 Å². The second-order valence-electron chi connectivity index (χ2n) is 9.82. The van der Waals surface area contributed by atoms with Crippen molar-refractivity contribution in [3.63, 3.8) is 0 Å². The molecule has 0 radical (unpaired) electrons. The highest BCUT2D eigenvalue weighted by atomic mass is 16.5. The number of imidazole rings is 1. The van der Waals surface area contributed by atoms with Gasteiger partial charge in [0.2, 0.25) is 5.91 Å². The van der Waals surface area contributed by atoms with Crippen LogP contribution in [0.5, 0.6) is 5.75 Å². The molecule has 1 atom stereocenters. The van der Waals surface area contributed by atoms with E-state index in [2.05, 4.69) is 38.2 Å². The number of likely N-dealkylation sites (tertiary alicyclic amines) is 1. The summed E-state index contributed by atoms with van der Waals surface area (Å²) >= 11 is 0. The van der Waals surface area contributed by atoms with Crippen LogP contribution < -0.4 is 15.4 Å². The monoisotopic (exact) mass is 510 g/mol. The maximum absolute atomic E-state index is 13.0. The van der Waals surface area contributed by atoms with Gasteiger partial charge < -0.3 is 19.9 Å². The van der Waals surface area contributed by atoms with Crippen LogP contribution in [0.2, 0.25) is 0 Å². The number of ether oxygens (including phenoxy) is 1. The number of carbonyl (C=O) groups excluding carboxylic acids is 2. The largest absolute Gasteiger partial charge is 0.478 e. The minimum atomic E-state index is -0.0124. The molecule has 2 aromatic carbocycles. The predicted molar refractivity (Wildman–Crippen MR) is 145 cm³/mol. The summed E-state index contributed by atoms with van der Waals surface area (Å²) in [5.74, 6) is 0.929. The van der Waals surface area contributed by atoms with E-state index in [4.69, 9.17) is 4.74 Å². The Hall–Kier alpha value is -4.37. The van der Waals surface area contributed by atoms with Gasteiger partial charge in [-0.25, -0.2) is 4.98 Å². The maximum Gasteiger partial charge on any atom is 0.253 e. The average Bonchev–Trinajstić information content (AvgIpc) is 3.63. The Balaban J connectivity index is 1.19. The van der Waals surface area contributed by atoms with Crippen LogP contribution >= 0.6 is 0 Å². The molecule has 2 aliphatic heterocycles. The Bertz CT molecular complexity index is 1510. The number of fused-ring (bicyclic) bond motifs is 2. The van der Waals surface area contributed by atoms with E-state index in [0.717, 1.165) is 52.6 Å². The first-order valence-electron chi connectivity index (χ1n) is 12.8. The van der Waals surface area contributed by atoms with Crippen molar-refractivity contribution in [2.75, 3.05) is 32.2 Å². The number of hydrogen-bond acceptors (Lipinski definition) is 6. The van der Waals surface area contributed by atoms with E-state index in [1.807, 2.05) is 47.5 Å². The third kappa shape index (κ3) is 4.45. The van der Waals surface area contributed by atoms with Crippen LogP contribution in [-0.2, 0) is 11.3 Å². The van der Waals surface area contributed by atoms with E-state index >= 15 is 0 Å². The number of hydrogen-bond donors (Lipinski definition) is 2. The van der Waals surface area contributed by atoms with E-state index in [0.29, 0.717) is 25.4 Å². The summed E-state index contributed by atoms with van der Waals surface area (Å²) in [5, 5.41) is 6.69. The van der Waals surface area contributed by atoms with E-state index in [1.165, 1.54) is 0 Å². The van der Waals surface area contributed by atoms with Crippen LogP contribution in [0.15, 0.2) is 67.0 Å². The molecule has 1 saturated heterocycles. The van der Waals surface area contributed by atoms with Gasteiger partial charge in [-0.3, -0.25) is 19.3 Å². The molecule has 4 aromatic rings. The van der Waals surface area contributed by atoms with Gasteiger partial charge >= 0.3 is 0 Å². The highest BCUT2D eigenvalue weighted by Gasteiger charge is 2.30. The number of rotatable bonds is 5. The standard InChI is InChI=1S/C29H30N6O3/c1-19(36)33(2)24-11-13-34(17-24)29(37)20-3-6-23(7-4-20)32-25-8-9-26(35-14-12-31-28(25)35)21-5-10-27-22(15-21)16-30-18-38-27/h3-10,12,14-15,24,30,32H,11,13,16-18H2,1-2H3. The fourth-order valence-electron chi connectivity index (χ4n) is 5.21. The number of pyridine rings is 1. The van der Waals surface area contributed by atoms with E-state index < -0.39 is 0 Å². The lowest BCUT2D eigenvalue weighted by Crippen LogP contribution is -2.38. The molecule has 0 spiro atoms. The van der Waals surface area contributed by atoms with Gasteiger partial charge in [-0.1, -0.05) is 0 Å². The lowest BCUT2D eigenvalue weighted by molar-refractivity contribution is -0.129. The Morgan fingerprint density at radius 3 is 2.79 bits per heavy atom. The highest BCUT2D eigenvalue weighted by Crippen LogP contribution is 2.31. The second kappa shape index (κ2) is 9.83. The summed E-state index contributed by atoms with van der Waals surface area (Å²) in [6.45, 7) is 4.08. The van der Waals surface area contributed by atoms with Gasteiger partial charge in [0, 0.05) is 62.8 Å². The number of amides is 2. The fraction of sp³-hybridized carbons (Fsp3) is 0.276. The summed E-state index contributed by atoms with van der Waals surface area (Å²) in [5.41, 5.74) is 6.45. The van der Waals surface area contributed by atoms with Crippen LogP contribution in [0, 0.1) is 0 Å². The molecule has 0 aliphatic carbocycles. The molecular formula is C29H30N6O3. The van der Waals surface area contributed by atoms with Crippen molar-refractivity contribution < 1.29 is 14.3 Å². The summed E-state index contributed by atoms with van der Waals surface area (Å²) < 4.78 is 7.74. The smallest absolute Gasteiger partial charge is 0.253 e. The van der Waals surface area contributed by atoms with Crippen LogP contribution in [0.4, 0.5) is 11.4 Å². The molecule has 1 unspecified atom stereocenters. The van der Waals surface area contributed by atoms with Crippen molar-refractivity contribution in [1.82, 2.24) is 24.5 Å². The highest BCUT2D eigenvalue weighted by molar-refractivity contribution is 5.95. The van der Waals surface area contributed by atoms with Gasteiger partial charge in [-0.2, -0.15) is 0 Å². The summed E-state index contributed by atoms with van der Waals surface area (Å²) in [6, 6.07) is 17.9. The van der Waals surface area contributed by atoms with Crippen molar-refractivity contribution in [1.29, 1.82) is 0 Å². The second-order valence-corrected chi connectivity index (χ2v) is 9.82. The van der Waals surface area contributed by atoms with E-state index in [1.54, 1.807) is 25.1 Å². The molecule has 2 aromatic heterocycles. The third-order valence-electron chi connectivity index (χ3n) is 7.46. The first-order chi connectivity index (χ1) is 18.5. The van der Waals surface area contributed by atoms with Crippen molar-refractivity contribution in [2.45, 2.75) is 25.9 Å². The first kappa shape index (κ1) is 24.0. The zero-order valence-electron chi connectivity index (χ0n) is 21.5. The number of carbonyl (C=O) groups is 2. The lowest BCUT2D eigenvalue weighted by atomic mass is 10.1. The molecule has 2 N–H and O–H groups in total. The molecule has 4 heterocycles. The minimum Gasteiger partial charge on any atom is -0.478 e. The molecule has 0 bridgehead atoms. The number of nitrogens with zero attached hydrogens (tertiary/aromatic N) is 4. The summed E-state index contributed by atoms with van der Waals surface area (Å²) in [6.07, 6.45) is 4.55. The van der Waals surface area contributed by atoms with Gasteiger partial charge in [0.05, 0.1) is 17.4 Å². The normalized spacial score (nSPS) is 16.7. The molecule has 1 fully saturated rings. The third-order valence-corrected chi connectivity index (χ3v) is 7.46. The quantitative estimate of drug-likeness (QED) is 0.424. The summed E-state index contributed by atoms with van der Waals surface area (Å²) in [7, 11) is 1.80. The molecule has 6 rings (SSSR count). The van der Waals surface area contributed by atoms with Crippen LogP contribution in [0.25, 0.3) is 16.9 Å². The fourth-order valence-corrected chi connectivity index (χ4v) is 5.21. The zero-order valence-corrected chi connectivity index (χ0v) is 21.5. The van der Waals surface area contributed by atoms with E-state index in [9.17, 15) is 9.59 Å². The van der Waals surface area contributed by atoms with Crippen LogP contribution in [-0.4, -0.2) is 63.9 Å². The molecule has 194 valence electrons. The molecule has 9 heteroatoms. The van der Waals surface area contributed by atoms with Gasteiger partial charge in [-0.05, 0) is 66.6 Å². The van der Waals surface area contributed by atoms with Crippen molar-refractivity contribution in [3.8, 4) is 17.0 Å². The molecule has 9 nitrogen and oxygen atoms in total. The number of anilines is 2. The van der Waals surface area contributed by atoms with Gasteiger partial charge in [0.15, 0.2) is 5.65 Å². The van der Waals surface area contributed by atoms with Crippen molar-refractivity contribution in [2.24, 2.45) is 0 Å². The SMILES string of the molecule is CC(=O)N(C)C1CCN(C(=O)c2ccc(Nc3ccc(-c4ccc5c(c4)CNCO5)n4ccnc34)cc2)C1. The van der Waals surface area contributed by atoms with Crippen molar-refractivity contribution >= 4 is 28.8 Å². The van der Waals surface area contributed by atoms with Crippen LogP contribution in [0.3, 0.4) is 0 Å². The number of nitrogens with one attached hydrogen (secondary N) is 2. The van der Waals surface area contributed by atoms with Gasteiger partial charge in [0.1, 0.15) is 12.5 Å². The van der Waals surface area contributed by atoms with Gasteiger partial charge in [-0.15, -0.1) is 0 Å². The van der Waals surface area contributed by atoms with E-state index in [-0.39, 0.29) is 17.9 Å². The zero-order chi connectivity index (χ0) is 26.2. The predicted octanol–water partition coefficient (Wildman–Crippen LogP) is 3.88. The number of aromatic nitrogens is 2.